The smallest absolute Gasteiger partial charge is 0.255 e. The van der Waals surface area contributed by atoms with E-state index >= 15 is 0 Å². The van der Waals surface area contributed by atoms with Crippen molar-refractivity contribution in [3.63, 3.8) is 0 Å². The van der Waals surface area contributed by atoms with Crippen LogP contribution in [0.15, 0.2) is 18.3 Å². The topological polar surface area (TPSA) is 45.2 Å². The Kier molecular flexibility index (Phi) is 5.52. The van der Waals surface area contributed by atoms with Gasteiger partial charge in [0.05, 0.1) is 5.56 Å². The number of amides is 1. The van der Waals surface area contributed by atoms with Crippen LogP contribution in [0, 0.1) is 5.92 Å². The molecule has 23 heavy (non-hydrogen) atoms. The number of nitrogens with one attached hydrogen (secondary N) is 1. The molecule has 1 aliphatic heterocycles. The van der Waals surface area contributed by atoms with Crippen molar-refractivity contribution in [1.82, 2.24) is 10.3 Å². The number of nitrogens with zero attached hydrogens (tertiary/aromatic N) is 2. The van der Waals surface area contributed by atoms with Gasteiger partial charge in [0.1, 0.15) is 5.82 Å². The lowest BCUT2D eigenvalue weighted by molar-refractivity contribution is 0.0921. The summed E-state index contributed by atoms with van der Waals surface area (Å²) in [6, 6.07) is 4.13. The Hall–Kier alpha value is -1.58. The third-order valence-corrected chi connectivity index (χ3v) is 5.45. The van der Waals surface area contributed by atoms with Gasteiger partial charge in [0.2, 0.25) is 0 Å². The maximum absolute atomic E-state index is 12.7. The van der Waals surface area contributed by atoms with Crippen LogP contribution in [0.1, 0.15) is 68.6 Å². The van der Waals surface area contributed by atoms with E-state index in [9.17, 15) is 4.79 Å². The molecule has 1 N–H and O–H groups in total. The predicted octanol–water partition coefficient (Wildman–Crippen LogP) is 3.77. The Balaban J connectivity index is 1.65. The second-order valence-electron chi connectivity index (χ2n) is 7.02. The average molecular weight is 315 g/mol. The minimum atomic E-state index is 0.0543. The van der Waals surface area contributed by atoms with Crippen LogP contribution >= 0.6 is 0 Å². The highest BCUT2D eigenvalue weighted by molar-refractivity contribution is 5.99. The molecule has 4 heteroatoms. The quantitative estimate of drug-likeness (QED) is 0.920. The van der Waals surface area contributed by atoms with Crippen molar-refractivity contribution in [2.24, 2.45) is 5.92 Å². The molecular formula is C19H29N3O. The van der Waals surface area contributed by atoms with E-state index in [4.69, 9.17) is 0 Å². The zero-order valence-electron chi connectivity index (χ0n) is 14.3. The van der Waals surface area contributed by atoms with Gasteiger partial charge in [0.25, 0.3) is 5.91 Å². The Morgan fingerprint density at radius 2 is 1.96 bits per heavy atom. The van der Waals surface area contributed by atoms with Gasteiger partial charge in [-0.2, -0.15) is 0 Å². The number of rotatable bonds is 4. The van der Waals surface area contributed by atoms with Gasteiger partial charge in [-0.3, -0.25) is 4.79 Å². The fourth-order valence-electron chi connectivity index (χ4n) is 3.91. The van der Waals surface area contributed by atoms with E-state index in [1.165, 1.54) is 38.5 Å². The highest BCUT2D eigenvalue weighted by atomic mass is 16.1. The van der Waals surface area contributed by atoms with Gasteiger partial charge in [-0.15, -0.1) is 0 Å². The number of hydrogen-bond donors (Lipinski definition) is 1. The third kappa shape index (κ3) is 4.04. The molecule has 2 heterocycles. The number of carbonyl (C=O) groups is 1. The van der Waals surface area contributed by atoms with Crippen molar-refractivity contribution < 1.29 is 4.79 Å². The summed E-state index contributed by atoms with van der Waals surface area (Å²) in [5.41, 5.74) is 0.743. The predicted molar refractivity (Wildman–Crippen MR) is 93.8 cm³/mol. The van der Waals surface area contributed by atoms with Gasteiger partial charge in [0.15, 0.2) is 0 Å². The third-order valence-electron chi connectivity index (χ3n) is 5.45. The van der Waals surface area contributed by atoms with Crippen LogP contribution in [0.5, 0.6) is 0 Å². The molecule has 0 unspecified atom stereocenters. The lowest BCUT2D eigenvalue weighted by Gasteiger charge is -2.31. The number of piperidine rings is 1. The Labute approximate surface area is 139 Å². The van der Waals surface area contributed by atoms with Crippen LogP contribution in [-0.4, -0.2) is 30.0 Å². The maximum Gasteiger partial charge on any atom is 0.255 e. The maximum atomic E-state index is 12.7. The van der Waals surface area contributed by atoms with Gasteiger partial charge >= 0.3 is 0 Å². The minimum absolute atomic E-state index is 0.0543. The molecule has 0 atom stereocenters. The molecular weight excluding hydrogens is 286 g/mol. The van der Waals surface area contributed by atoms with Crippen molar-refractivity contribution in [3.8, 4) is 0 Å². The molecule has 4 nitrogen and oxygen atoms in total. The average Bonchev–Trinajstić information content (AvgIpc) is 2.63. The highest BCUT2D eigenvalue weighted by Crippen LogP contribution is 2.27. The number of anilines is 1. The van der Waals surface area contributed by atoms with Crippen molar-refractivity contribution in [3.05, 3.63) is 23.9 Å². The summed E-state index contributed by atoms with van der Waals surface area (Å²) in [5.74, 6) is 1.77. The van der Waals surface area contributed by atoms with E-state index in [-0.39, 0.29) is 5.91 Å². The molecule has 1 aromatic heterocycles. The summed E-state index contributed by atoms with van der Waals surface area (Å²) < 4.78 is 0. The van der Waals surface area contributed by atoms with Crippen LogP contribution in [0.4, 0.5) is 5.82 Å². The summed E-state index contributed by atoms with van der Waals surface area (Å²) in [6.45, 7) is 4.29. The normalized spacial score (nSPS) is 25.2. The van der Waals surface area contributed by atoms with Crippen LogP contribution in [0.25, 0.3) is 0 Å². The van der Waals surface area contributed by atoms with Gasteiger partial charge < -0.3 is 10.2 Å². The highest BCUT2D eigenvalue weighted by Gasteiger charge is 2.24. The second kappa shape index (κ2) is 7.80. The van der Waals surface area contributed by atoms with Crippen molar-refractivity contribution in [1.29, 1.82) is 0 Å². The monoisotopic (exact) mass is 315 g/mol. The van der Waals surface area contributed by atoms with E-state index < -0.39 is 0 Å². The molecule has 0 spiro atoms. The summed E-state index contributed by atoms with van der Waals surface area (Å²) in [7, 11) is 0. The van der Waals surface area contributed by atoms with E-state index in [0.29, 0.717) is 6.04 Å². The first kappa shape index (κ1) is 16.3. The SMILES string of the molecule is CCC1CCC(NC(=O)c2cccnc2N2CCCCC2)CC1. The zero-order valence-corrected chi connectivity index (χ0v) is 14.3. The lowest BCUT2D eigenvalue weighted by Crippen LogP contribution is -2.39. The van der Waals surface area contributed by atoms with E-state index in [2.05, 4.69) is 22.1 Å². The Bertz CT molecular complexity index is 517. The van der Waals surface area contributed by atoms with Crippen LogP contribution < -0.4 is 10.2 Å². The molecule has 1 aliphatic carbocycles. The van der Waals surface area contributed by atoms with Gasteiger partial charge in [-0.05, 0) is 63.0 Å². The molecule has 3 rings (SSSR count). The van der Waals surface area contributed by atoms with Crippen molar-refractivity contribution >= 4 is 11.7 Å². The van der Waals surface area contributed by atoms with Crippen molar-refractivity contribution in [2.75, 3.05) is 18.0 Å². The Morgan fingerprint density at radius 1 is 1.22 bits per heavy atom. The Morgan fingerprint density at radius 3 is 2.65 bits per heavy atom. The first-order valence-electron chi connectivity index (χ1n) is 9.28. The van der Waals surface area contributed by atoms with E-state index in [0.717, 1.165) is 43.2 Å². The number of hydrogen-bond acceptors (Lipinski definition) is 3. The standard InChI is InChI=1S/C19H29N3O/c1-2-15-8-10-16(11-9-15)21-19(23)17-7-6-12-20-18(17)22-13-4-3-5-14-22/h6-7,12,15-16H,2-5,8-11,13-14H2,1H3,(H,21,23). The first-order valence-corrected chi connectivity index (χ1v) is 9.28. The summed E-state index contributed by atoms with van der Waals surface area (Å²) >= 11 is 0. The molecule has 1 aromatic rings. The number of pyridine rings is 1. The molecule has 126 valence electrons. The van der Waals surface area contributed by atoms with Crippen LogP contribution in [0.2, 0.25) is 0 Å². The molecule has 2 aliphatic rings. The molecule has 0 bridgehead atoms. The van der Waals surface area contributed by atoms with Crippen molar-refractivity contribution in [2.45, 2.75) is 64.3 Å². The fraction of sp³-hybridized carbons (Fsp3) is 0.684. The van der Waals surface area contributed by atoms with Gasteiger partial charge in [-0.25, -0.2) is 4.98 Å². The van der Waals surface area contributed by atoms with E-state index in [1.807, 2.05) is 12.1 Å². The summed E-state index contributed by atoms with van der Waals surface area (Å²) in [5, 5.41) is 3.25. The van der Waals surface area contributed by atoms with Crippen LogP contribution in [0.3, 0.4) is 0 Å². The molecule has 0 aromatic carbocycles. The molecule has 2 fully saturated rings. The molecule has 1 saturated heterocycles. The lowest BCUT2D eigenvalue weighted by atomic mass is 9.84. The molecule has 0 radical (unpaired) electrons. The molecule has 1 amide bonds. The van der Waals surface area contributed by atoms with Crippen LogP contribution in [-0.2, 0) is 0 Å². The second-order valence-corrected chi connectivity index (χ2v) is 7.02. The first-order chi connectivity index (χ1) is 11.3. The van der Waals surface area contributed by atoms with Gasteiger partial charge in [-0.1, -0.05) is 13.3 Å². The summed E-state index contributed by atoms with van der Waals surface area (Å²) in [6.07, 6.45) is 11.5. The minimum Gasteiger partial charge on any atom is -0.356 e. The number of carbonyl (C=O) groups excluding carboxylic acids is 1. The zero-order chi connectivity index (χ0) is 16.1. The van der Waals surface area contributed by atoms with E-state index in [1.54, 1.807) is 6.20 Å². The number of aromatic nitrogens is 1. The largest absolute Gasteiger partial charge is 0.356 e. The van der Waals surface area contributed by atoms with Gasteiger partial charge in [0, 0.05) is 25.3 Å². The molecule has 1 saturated carbocycles. The fourth-order valence-corrected chi connectivity index (χ4v) is 3.91. The summed E-state index contributed by atoms with van der Waals surface area (Å²) in [4.78, 5) is 19.5.